The van der Waals surface area contributed by atoms with Crippen LogP contribution >= 0.6 is 0 Å². The van der Waals surface area contributed by atoms with Crippen molar-refractivity contribution in [1.82, 2.24) is 9.55 Å². The zero-order chi connectivity index (χ0) is 18.7. The predicted octanol–water partition coefficient (Wildman–Crippen LogP) is 4.26. The van der Waals surface area contributed by atoms with Gasteiger partial charge >= 0.3 is 0 Å². The maximum absolute atomic E-state index is 14.4. The molecule has 0 amide bonds. The molecule has 29 heavy (non-hydrogen) atoms. The number of anilines is 3. The quantitative estimate of drug-likeness (QED) is 0.391. The predicted molar refractivity (Wildman–Crippen MR) is 100 cm³/mol. The summed E-state index contributed by atoms with van der Waals surface area (Å²) in [4.78, 5) is 5.99. The fourth-order valence-corrected chi connectivity index (χ4v) is 2.79. The molecule has 0 aliphatic rings. The molecule has 0 bridgehead atoms. The summed E-state index contributed by atoms with van der Waals surface area (Å²) in [5, 5.41) is 8.94. The zero-order valence-electron chi connectivity index (χ0n) is 17.0. The van der Waals surface area contributed by atoms with Gasteiger partial charge in [-0.05, 0) is 36.8 Å². The number of nitrogen functional groups attached to an aromatic ring is 1. The van der Waals surface area contributed by atoms with Crippen LogP contribution in [-0.2, 0) is 44.2 Å². The van der Waals surface area contributed by atoms with Gasteiger partial charge in [0.15, 0.2) is 0 Å². The molecule has 2 radical (unpaired) electrons. The Bertz CT molecular complexity index is 950. The number of aryl methyl sites for hydroxylation is 2. The molecule has 5 nitrogen and oxygen atoms in total. The standard InChI is InChI=1S/C17H16FN5.C2H6.2U.2V/c1-10-4-11(8-19)5-13(18)17(10)23(3)12-6-14(20)16-15(7-12)22(2)9-21-16;1-2;;;;/h4-7,9H,20H2,1-3H3;1-2H3;;;;. The Hall–Kier alpha value is 0.203. The molecule has 1 aromatic heterocycles. The van der Waals surface area contributed by atoms with Crippen molar-refractivity contribution in [3.8, 4) is 6.07 Å². The van der Waals surface area contributed by atoms with Crippen LogP contribution in [0.4, 0.5) is 21.5 Å². The molecule has 0 atom stereocenters. The van der Waals surface area contributed by atoms with Crippen molar-refractivity contribution in [3.63, 3.8) is 0 Å². The van der Waals surface area contributed by atoms with Crippen LogP contribution in [0.15, 0.2) is 30.6 Å². The van der Waals surface area contributed by atoms with Crippen LogP contribution in [0.3, 0.4) is 0 Å². The Kier molecular flexibility index (Phi) is 17.6. The van der Waals surface area contributed by atoms with Gasteiger partial charge in [0.25, 0.3) is 0 Å². The number of rotatable bonds is 2. The number of nitrogens with two attached hydrogens (primary N) is 1. The number of imidazole rings is 1. The van der Waals surface area contributed by atoms with Gasteiger partial charge in [-0.15, -0.1) is 0 Å². The molecular formula is C19H22FN5U2V2. The van der Waals surface area contributed by atoms with E-state index in [4.69, 9.17) is 11.0 Å². The van der Waals surface area contributed by atoms with Crippen molar-refractivity contribution in [2.24, 2.45) is 7.05 Å². The van der Waals surface area contributed by atoms with E-state index in [2.05, 4.69) is 4.98 Å². The molecule has 0 aliphatic carbocycles. The first kappa shape index (κ1) is 33.8. The molecule has 0 saturated carbocycles. The van der Waals surface area contributed by atoms with Gasteiger partial charge in [0.1, 0.15) is 11.3 Å². The smallest absolute Gasteiger partial charge is 0.148 e. The number of benzene rings is 2. The van der Waals surface area contributed by atoms with Crippen molar-refractivity contribution in [2.75, 3.05) is 17.7 Å². The summed E-state index contributed by atoms with van der Waals surface area (Å²) in [5.41, 5.74) is 10.4. The van der Waals surface area contributed by atoms with Crippen LogP contribution in [0.1, 0.15) is 25.0 Å². The average Bonchev–Trinajstić information content (AvgIpc) is 2.97. The van der Waals surface area contributed by atoms with Gasteiger partial charge in [-0.25, -0.2) is 9.37 Å². The number of hydrogen-bond donors (Lipinski definition) is 1. The van der Waals surface area contributed by atoms with Crippen LogP contribution in [0.25, 0.3) is 11.0 Å². The van der Waals surface area contributed by atoms with Crippen LogP contribution in [0, 0.1) is 86.3 Å². The summed E-state index contributed by atoms with van der Waals surface area (Å²) < 4.78 is 16.3. The third kappa shape index (κ3) is 7.39. The topological polar surface area (TPSA) is 70.9 Å². The van der Waals surface area contributed by atoms with Gasteiger partial charge in [-0.3, -0.25) is 0 Å². The van der Waals surface area contributed by atoms with Crippen molar-refractivity contribution < 1.29 is 104 Å². The van der Waals surface area contributed by atoms with E-state index in [1.54, 1.807) is 37.3 Å². The molecule has 3 rings (SSSR count). The summed E-state index contributed by atoms with van der Waals surface area (Å²) in [7, 11) is 3.65. The average molecular weight is 917 g/mol. The van der Waals surface area contributed by atoms with Gasteiger partial charge in [0.05, 0.1) is 34.9 Å². The van der Waals surface area contributed by atoms with Gasteiger partial charge in [-0.1, -0.05) is 13.8 Å². The first-order valence-corrected chi connectivity index (χ1v) is 8.07. The number of nitriles is 1. The van der Waals surface area contributed by atoms with E-state index in [0.717, 1.165) is 16.7 Å². The van der Waals surface area contributed by atoms with Crippen molar-refractivity contribution >= 4 is 28.1 Å². The minimum atomic E-state index is -0.437. The number of halogens is 1. The summed E-state index contributed by atoms with van der Waals surface area (Å²) >= 11 is 0. The summed E-state index contributed by atoms with van der Waals surface area (Å²) in [6.07, 6.45) is 1.69. The molecule has 0 fully saturated rings. The van der Waals surface area contributed by atoms with E-state index in [1.165, 1.54) is 6.07 Å². The molecule has 0 saturated heterocycles. The third-order valence-electron chi connectivity index (χ3n) is 3.95. The molecule has 0 spiro atoms. The van der Waals surface area contributed by atoms with Crippen molar-refractivity contribution in [1.29, 1.82) is 5.26 Å². The second kappa shape index (κ2) is 15.1. The van der Waals surface area contributed by atoms with E-state index in [1.807, 2.05) is 37.6 Å². The second-order valence-corrected chi connectivity index (χ2v) is 5.55. The Balaban J connectivity index is -0.00000109. The summed E-state index contributed by atoms with van der Waals surface area (Å²) in [6, 6.07) is 8.55. The SMILES string of the molecule is CC.Cc1cc(C#N)cc(F)c1N(C)c1cc(N)c2ncn(C)c2c1.[U].[U].[V].[V]. The van der Waals surface area contributed by atoms with E-state index in [0.29, 0.717) is 22.5 Å². The van der Waals surface area contributed by atoms with Crippen LogP contribution in [0.5, 0.6) is 0 Å². The first-order chi connectivity index (χ1) is 11.9. The molecule has 1 heterocycles. The Labute approximate surface area is 242 Å². The molecule has 0 unspecified atom stereocenters. The molecule has 3 aromatic rings. The minimum absolute atomic E-state index is 0. The Morgan fingerprint density at radius 2 is 1.72 bits per heavy atom. The third-order valence-corrected chi connectivity index (χ3v) is 3.95. The maximum atomic E-state index is 14.4. The first-order valence-electron chi connectivity index (χ1n) is 8.07. The molecule has 148 valence electrons. The van der Waals surface area contributed by atoms with Gasteiger partial charge < -0.3 is 15.2 Å². The molecule has 0 aliphatic heterocycles. The molecular weight excluding hydrogens is 895 g/mol. The maximum Gasteiger partial charge on any atom is 0.148 e. The van der Waals surface area contributed by atoms with Crippen molar-refractivity contribution in [2.45, 2.75) is 20.8 Å². The van der Waals surface area contributed by atoms with Crippen LogP contribution < -0.4 is 10.6 Å². The number of hydrogen-bond acceptors (Lipinski definition) is 4. The van der Waals surface area contributed by atoms with E-state index < -0.39 is 5.82 Å². The normalized spacial score (nSPS) is 8.72. The van der Waals surface area contributed by atoms with E-state index >= 15 is 0 Å². The summed E-state index contributed by atoms with van der Waals surface area (Å²) in [6.45, 7) is 5.78. The fourth-order valence-electron chi connectivity index (χ4n) is 2.79. The number of aromatic nitrogens is 2. The largest absolute Gasteiger partial charge is 0.397 e. The van der Waals surface area contributed by atoms with Gasteiger partial charge in [0.2, 0.25) is 0 Å². The Morgan fingerprint density at radius 1 is 1.14 bits per heavy atom. The van der Waals surface area contributed by atoms with Crippen LogP contribution in [0.2, 0.25) is 0 Å². The number of fused-ring (bicyclic) bond motifs is 1. The second-order valence-electron chi connectivity index (χ2n) is 5.55. The van der Waals surface area contributed by atoms with E-state index in [9.17, 15) is 4.39 Å². The number of nitrogens with zero attached hydrogens (tertiary/aromatic N) is 4. The molecule has 2 aromatic carbocycles. The van der Waals surface area contributed by atoms with Crippen LogP contribution in [-0.4, -0.2) is 16.6 Å². The molecule has 2 N–H and O–H groups in total. The van der Waals surface area contributed by atoms with E-state index in [-0.39, 0.29) is 99.3 Å². The van der Waals surface area contributed by atoms with Crippen molar-refractivity contribution in [3.05, 3.63) is 47.5 Å². The Morgan fingerprint density at radius 3 is 2.24 bits per heavy atom. The monoisotopic (exact) mass is 917 g/mol. The fraction of sp³-hybridized carbons (Fsp3) is 0.263. The molecule has 10 heteroatoms. The minimum Gasteiger partial charge on any atom is -0.397 e. The van der Waals surface area contributed by atoms with Gasteiger partial charge in [-0.2, -0.15) is 5.26 Å². The summed E-state index contributed by atoms with van der Waals surface area (Å²) in [5.74, 6) is -0.437. The zero-order valence-corrected chi connectivity index (χ0v) is 28.1. The van der Waals surface area contributed by atoms with Gasteiger partial charge in [0, 0.05) is 119 Å².